The number of aromatic nitrogens is 2. The zero-order valence-corrected chi connectivity index (χ0v) is 12.2. The molecule has 18 heavy (non-hydrogen) atoms. The Morgan fingerprint density at radius 3 is 2.44 bits per heavy atom. The van der Waals surface area contributed by atoms with E-state index in [2.05, 4.69) is 38.1 Å². The van der Waals surface area contributed by atoms with Crippen molar-refractivity contribution in [1.82, 2.24) is 15.1 Å². The van der Waals surface area contributed by atoms with E-state index in [9.17, 15) is 0 Å². The van der Waals surface area contributed by atoms with Gasteiger partial charge in [0, 0.05) is 25.0 Å². The van der Waals surface area contributed by atoms with Crippen LogP contribution in [0.1, 0.15) is 47.0 Å². The van der Waals surface area contributed by atoms with Crippen LogP contribution in [-0.4, -0.2) is 22.4 Å². The van der Waals surface area contributed by atoms with E-state index in [1.807, 2.05) is 23.1 Å². The van der Waals surface area contributed by atoms with Crippen molar-refractivity contribution in [2.45, 2.75) is 59.5 Å². The minimum Gasteiger partial charge on any atom is -0.312 e. The fraction of sp³-hybridized carbons (Fsp3) is 0.800. The molecule has 1 saturated carbocycles. The summed E-state index contributed by atoms with van der Waals surface area (Å²) in [6.45, 7) is 11.6. The van der Waals surface area contributed by atoms with Gasteiger partial charge in [-0.15, -0.1) is 0 Å². The maximum absolute atomic E-state index is 4.23. The van der Waals surface area contributed by atoms with E-state index in [0.29, 0.717) is 16.9 Å². The van der Waals surface area contributed by atoms with E-state index < -0.39 is 0 Å². The monoisotopic (exact) mass is 249 g/mol. The van der Waals surface area contributed by atoms with Gasteiger partial charge in [-0.05, 0) is 36.2 Å². The van der Waals surface area contributed by atoms with Gasteiger partial charge in [0.15, 0.2) is 0 Å². The van der Waals surface area contributed by atoms with Gasteiger partial charge >= 0.3 is 0 Å². The van der Waals surface area contributed by atoms with Crippen molar-refractivity contribution in [3.8, 4) is 0 Å². The van der Waals surface area contributed by atoms with E-state index in [4.69, 9.17) is 0 Å². The van der Waals surface area contributed by atoms with Crippen LogP contribution in [0.4, 0.5) is 0 Å². The summed E-state index contributed by atoms with van der Waals surface area (Å²) >= 11 is 0. The molecule has 0 spiro atoms. The Labute approximate surface area is 111 Å². The van der Waals surface area contributed by atoms with Crippen molar-refractivity contribution in [3.63, 3.8) is 0 Å². The zero-order valence-electron chi connectivity index (χ0n) is 12.2. The molecule has 0 unspecified atom stereocenters. The number of hydrogen-bond donors (Lipinski definition) is 1. The molecule has 1 aromatic rings. The molecule has 1 aliphatic carbocycles. The highest BCUT2D eigenvalue weighted by Crippen LogP contribution is 2.45. The van der Waals surface area contributed by atoms with Crippen LogP contribution in [0.15, 0.2) is 18.5 Å². The largest absolute Gasteiger partial charge is 0.312 e. The Hall–Kier alpha value is -0.830. The van der Waals surface area contributed by atoms with Crippen LogP contribution in [0.25, 0.3) is 0 Å². The van der Waals surface area contributed by atoms with Gasteiger partial charge in [0.25, 0.3) is 0 Å². The zero-order chi connectivity index (χ0) is 13.2. The molecular weight excluding hydrogens is 222 g/mol. The lowest BCUT2D eigenvalue weighted by Crippen LogP contribution is -2.44. The van der Waals surface area contributed by atoms with Gasteiger partial charge in [0.1, 0.15) is 0 Å². The fourth-order valence-electron chi connectivity index (χ4n) is 3.81. The van der Waals surface area contributed by atoms with Crippen molar-refractivity contribution >= 4 is 0 Å². The predicted octanol–water partition coefficient (Wildman–Crippen LogP) is 3.08. The molecule has 1 aliphatic rings. The van der Waals surface area contributed by atoms with Crippen LogP contribution in [0, 0.1) is 10.8 Å². The lowest BCUT2D eigenvalue weighted by molar-refractivity contribution is 0.0848. The smallest absolute Gasteiger partial charge is 0.0534 e. The maximum atomic E-state index is 4.23. The van der Waals surface area contributed by atoms with Gasteiger partial charge in [-0.1, -0.05) is 27.7 Å². The molecule has 0 atom stereocenters. The highest BCUT2D eigenvalue weighted by atomic mass is 15.3. The summed E-state index contributed by atoms with van der Waals surface area (Å²) in [6.07, 6.45) is 7.77. The first-order chi connectivity index (χ1) is 8.36. The van der Waals surface area contributed by atoms with Gasteiger partial charge in [-0.2, -0.15) is 5.10 Å². The minimum atomic E-state index is 0.463. The van der Waals surface area contributed by atoms with Crippen LogP contribution >= 0.6 is 0 Å². The second-order valence-electron chi connectivity index (χ2n) is 7.33. The molecule has 1 fully saturated rings. The third-order valence-corrected chi connectivity index (χ3v) is 3.89. The van der Waals surface area contributed by atoms with Crippen LogP contribution in [0.2, 0.25) is 0 Å². The van der Waals surface area contributed by atoms with E-state index in [0.717, 1.165) is 13.1 Å². The molecule has 0 amide bonds. The molecule has 0 bridgehead atoms. The van der Waals surface area contributed by atoms with Crippen LogP contribution in [-0.2, 0) is 6.54 Å². The minimum absolute atomic E-state index is 0.463. The van der Waals surface area contributed by atoms with Gasteiger partial charge in [-0.3, -0.25) is 4.68 Å². The Kier molecular flexibility index (Phi) is 3.81. The van der Waals surface area contributed by atoms with Crippen LogP contribution in [0.5, 0.6) is 0 Å². The van der Waals surface area contributed by atoms with Crippen LogP contribution in [0.3, 0.4) is 0 Å². The third-order valence-electron chi connectivity index (χ3n) is 3.89. The second kappa shape index (κ2) is 5.04. The highest BCUT2D eigenvalue weighted by Gasteiger charge is 2.37. The van der Waals surface area contributed by atoms with Gasteiger partial charge in [-0.25, -0.2) is 0 Å². The van der Waals surface area contributed by atoms with E-state index in [1.165, 1.54) is 19.3 Å². The first-order valence-corrected chi connectivity index (χ1v) is 7.07. The van der Waals surface area contributed by atoms with E-state index in [1.54, 1.807) is 0 Å². The molecule has 2 rings (SSSR count). The molecule has 1 heterocycles. The van der Waals surface area contributed by atoms with Gasteiger partial charge in [0.05, 0.1) is 6.54 Å². The number of nitrogens with zero attached hydrogens (tertiary/aromatic N) is 2. The number of nitrogens with one attached hydrogen (secondary N) is 1. The quantitative estimate of drug-likeness (QED) is 0.888. The summed E-state index contributed by atoms with van der Waals surface area (Å²) in [7, 11) is 0. The predicted molar refractivity (Wildman–Crippen MR) is 75.4 cm³/mol. The van der Waals surface area contributed by atoms with E-state index in [-0.39, 0.29) is 0 Å². The number of rotatable bonds is 4. The molecule has 0 aromatic carbocycles. The molecule has 1 aromatic heterocycles. The van der Waals surface area contributed by atoms with Crippen molar-refractivity contribution in [3.05, 3.63) is 18.5 Å². The first-order valence-electron chi connectivity index (χ1n) is 7.07. The topological polar surface area (TPSA) is 29.9 Å². The summed E-state index contributed by atoms with van der Waals surface area (Å²) in [5.41, 5.74) is 0.927. The fourth-order valence-corrected chi connectivity index (χ4v) is 3.81. The van der Waals surface area contributed by atoms with Crippen molar-refractivity contribution in [2.75, 3.05) is 6.54 Å². The summed E-state index contributed by atoms with van der Waals surface area (Å²) in [5.74, 6) is 0. The molecule has 0 radical (unpaired) electrons. The molecule has 0 saturated heterocycles. The number of hydrogen-bond acceptors (Lipinski definition) is 2. The third kappa shape index (κ3) is 3.84. The lowest BCUT2D eigenvalue weighted by Gasteiger charge is -2.45. The Bertz CT molecular complexity index is 349. The highest BCUT2D eigenvalue weighted by molar-refractivity contribution is 4.92. The maximum Gasteiger partial charge on any atom is 0.0534 e. The lowest BCUT2D eigenvalue weighted by atomic mass is 9.63. The average molecular weight is 249 g/mol. The first kappa shape index (κ1) is 13.6. The van der Waals surface area contributed by atoms with Crippen LogP contribution < -0.4 is 5.32 Å². The standard InChI is InChI=1S/C15H27N3/c1-14(2)10-13(11-15(3,4)12-14)16-7-9-18-8-5-6-17-18/h5-6,8,13,16H,7,9-12H2,1-4H3. The molecular formula is C15H27N3. The van der Waals surface area contributed by atoms with E-state index >= 15 is 0 Å². The SMILES string of the molecule is CC1(C)CC(NCCn2cccn2)CC(C)(C)C1. The van der Waals surface area contributed by atoms with Crippen molar-refractivity contribution in [1.29, 1.82) is 0 Å². The molecule has 0 aliphatic heterocycles. The summed E-state index contributed by atoms with van der Waals surface area (Å²) in [6, 6.07) is 2.63. The van der Waals surface area contributed by atoms with Crippen molar-refractivity contribution < 1.29 is 0 Å². The summed E-state index contributed by atoms with van der Waals surface area (Å²) in [4.78, 5) is 0. The molecule has 1 N–H and O–H groups in total. The summed E-state index contributed by atoms with van der Waals surface area (Å²) in [5, 5.41) is 7.94. The molecule has 3 heteroatoms. The van der Waals surface area contributed by atoms with Gasteiger partial charge < -0.3 is 5.32 Å². The Morgan fingerprint density at radius 2 is 1.89 bits per heavy atom. The molecule has 102 valence electrons. The molecule has 3 nitrogen and oxygen atoms in total. The van der Waals surface area contributed by atoms with Gasteiger partial charge in [0.2, 0.25) is 0 Å². The van der Waals surface area contributed by atoms with Crippen molar-refractivity contribution in [2.24, 2.45) is 10.8 Å². The normalized spacial score (nSPS) is 23.1. The second-order valence-corrected chi connectivity index (χ2v) is 7.33. The average Bonchev–Trinajstić information content (AvgIpc) is 2.65. The Balaban J connectivity index is 1.82. The summed E-state index contributed by atoms with van der Waals surface area (Å²) < 4.78 is 1.99. The Morgan fingerprint density at radius 1 is 1.22 bits per heavy atom.